The summed E-state index contributed by atoms with van der Waals surface area (Å²) in [5.41, 5.74) is 0.201. The molecule has 1 aromatic rings. The number of rotatable bonds is 3. The maximum Gasteiger partial charge on any atom is 0.320 e. The van der Waals surface area contributed by atoms with Crippen LogP contribution >= 0.6 is 0 Å². The van der Waals surface area contributed by atoms with Crippen LogP contribution in [0.25, 0.3) is 0 Å². The molecule has 24 heavy (non-hydrogen) atoms. The number of halogens is 2. The zero-order valence-electron chi connectivity index (χ0n) is 13.0. The number of benzene rings is 1. The second-order valence-corrected chi connectivity index (χ2v) is 6.10. The summed E-state index contributed by atoms with van der Waals surface area (Å²) >= 11 is 0. The van der Waals surface area contributed by atoms with E-state index in [4.69, 9.17) is 5.11 Å². The fraction of sp³-hybridized carbons (Fsp3) is 0.500. The summed E-state index contributed by atoms with van der Waals surface area (Å²) in [5.74, 6) is -2.06. The van der Waals surface area contributed by atoms with Crippen molar-refractivity contribution in [2.45, 2.75) is 24.9 Å². The Labute approximate surface area is 138 Å². The third kappa shape index (κ3) is 3.33. The average molecular weight is 339 g/mol. The number of piperazine rings is 1. The summed E-state index contributed by atoms with van der Waals surface area (Å²) < 4.78 is 27.1. The predicted molar refractivity (Wildman–Crippen MR) is 82.7 cm³/mol. The number of hydrogen-bond acceptors (Lipinski definition) is 4. The lowest BCUT2D eigenvalue weighted by molar-refractivity contribution is -0.139. The minimum absolute atomic E-state index is 0.127. The van der Waals surface area contributed by atoms with Crippen molar-refractivity contribution in [2.24, 2.45) is 0 Å². The summed E-state index contributed by atoms with van der Waals surface area (Å²) in [7, 11) is 0. The van der Waals surface area contributed by atoms with E-state index in [1.165, 1.54) is 0 Å². The van der Waals surface area contributed by atoms with Crippen molar-refractivity contribution >= 4 is 17.6 Å². The summed E-state index contributed by atoms with van der Waals surface area (Å²) in [6.07, 6.45) is 0.925. The minimum Gasteiger partial charge on any atom is -0.480 e. The largest absolute Gasteiger partial charge is 0.480 e. The van der Waals surface area contributed by atoms with Crippen LogP contribution in [0.4, 0.5) is 14.5 Å². The molecule has 0 radical (unpaired) electrons. The lowest BCUT2D eigenvalue weighted by atomic mass is 10.1. The van der Waals surface area contributed by atoms with Gasteiger partial charge in [0.25, 0.3) is 0 Å². The van der Waals surface area contributed by atoms with Gasteiger partial charge >= 0.3 is 5.97 Å². The summed E-state index contributed by atoms with van der Waals surface area (Å²) in [5, 5.41) is 11.8. The monoisotopic (exact) mass is 339 g/mol. The molecule has 0 aliphatic carbocycles. The molecule has 2 aliphatic heterocycles. The maximum atomic E-state index is 13.8. The molecule has 0 spiro atoms. The van der Waals surface area contributed by atoms with E-state index in [0.717, 1.165) is 18.2 Å². The number of carbonyl (C=O) groups excluding carboxylic acids is 1. The first kappa shape index (κ1) is 16.6. The Kier molecular flexibility index (Phi) is 4.66. The van der Waals surface area contributed by atoms with Gasteiger partial charge in [0, 0.05) is 32.2 Å². The van der Waals surface area contributed by atoms with Gasteiger partial charge in [-0.3, -0.25) is 14.9 Å². The predicted octanol–water partition coefficient (Wildman–Crippen LogP) is 0.819. The fourth-order valence-corrected chi connectivity index (χ4v) is 3.25. The standard InChI is InChI=1S/C16H19F2N3O3/c17-10-1-2-11(18)14(9-10)20-5-7-21(8-6-20)15(22)12-3-4-13(19-12)16(23)24/h1-2,9,12-13,19H,3-8H2,(H,23,24)/t12-,13+/m1/s1. The van der Waals surface area contributed by atoms with Crippen LogP contribution in [0.3, 0.4) is 0 Å². The van der Waals surface area contributed by atoms with E-state index in [2.05, 4.69) is 5.32 Å². The Morgan fingerprint density at radius 3 is 2.38 bits per heavy atom. The summed E-state index contributed by atoms with van der Waals surface area (Å²) in [6, 6.07) is 2.16. The van der Waals surface area contributed by atoms with E-state index in [0.29, 0.717) is 39.0 Å². The lowest BCUT2D eigenvalue weighted by Gasteiger charge is -2.37. The van der Waals surface area contributed by atoms with Crippen molar-refractivity contribution in [3.8, 4) is 0 Å². The molecule has 8 heteroatoms. The van der Waals surface area contributed by atoms with Crippen LogP contribution in [0.5, 0.6) is 0 Å². The van der Waals surface area contributed by atoms with Crippen LogP contribution in [0.15, 0.2) is 18.2 Å². The molecule has 0 unspecified atom stereocenters. The molecule has 0 aromatic heterocycles. The van der Waals surface area contributed by atoms with Gasteiger partial charge < -0.3 is 14.9 Å². The summed E-state index contributed by atoms with van der Waals surface area (Å²) in [6.45, 7) is 1.60. The molecule has 2 aliphatic rings. The van der Waals surface area contributed by atoms with Gasteiger partial charge in [0.15, 0.2) is 0 Å². The van der Waals surface area contributed by atoms with Crippen molar-refractivity contribution < 1.29 is 23.5 Å². The normalized spacial score (nSPS) is 24.2. The Bertz CT molecular complexity index is 647. The molecular weight excluding hydrogens is 320 g/mol. The lowest BCUT2D eigenvalue weighted by Crippen LogP contribution is -2.54. The van der Waals surface area contributed by atoms with Gasteiger partial charge in [0.2, 0.25) is 5.91 Å². The number of aliphatic carboxylic acids is 1. The highest BCUT2D eigenvalue weighted by Crippen LogP contribution is 2.23. The highest BCUT2D eigenvalue weighted by Gasteiger charge is 2.36. The topological polar surface area (TPSA) is 72.9 Å². The average Bonchev–Trinajstić information content (AvgIpc) is 3.07. The number of amides is 1. The highest BCUT2D eigenvalue weighted by atomic mass is 19.1. The van der Waals surface area contributed by atoms with Crippen molar-refractivity contribution in [3.05, 3.63) is 29.8 Å². The minimum atomic E-state index is -0.948. The van der Waals surface area contributed by atoms with Crippen LogP contribution in [0.1, 0.15) is 12.8 Å². The molecule has 1 aromatic carbocycles. The second-order valence-electron chi connectivity index (χ2n) is 6.10. The Morgan fingerprint density at radius 1 is 1.08 bits per heavy atom. The Balaban J connectivity index is 1.58. The maximum absolute atomic E-state index is 13.8. The molecule has 3 rings (SSSR count). The molecule has 2 N–H and O–H groups in total. The molecule has 0 bridgehead atoms. The first-order chi connectivity index (χ1) is 11.5. The molecule has 2 fully saturated rings. The first-order valence-electron chi connectivity index (χ1n) is 7.93. The van der Waals surface area contributed by atoms with Gasteiger partial charge in [-0.15, -0.1) is 0 Å². The second kappa shape index (κ2) is 6.72. The molecule has 2 heterocycles. The zero-order chi connectivity index (χ0) is 17.3. The number of hydrogen-bond donors (Lipinski definition) is 2. The van der Waals surface area contributed by atoms with Crippen LogP contribution in [-0.2, 0) is 9.59 Å². The highest BCUT2D eigenvalue weighted by molar-refractivity contribution is 5.84. The molecule has 6 nitrogen and oxygen atoms in total. The Hall–Kier alpha value is -2.22. The first-order valence-corrected chi connectivity index (χ1v) is 7.93. The number of carbonyl (C=O) groups is 2. The third-order valence-electron chi connectivity index (χ3n) is 4.58. The number of anilines is 1. The molecule has 0 saturated carbocycles. The molecule has 1 amide bonds. The van der Waals surface area contributed by atoms with Gasteiger partial charge in [-0.05, 0) is 25.0 Å². The van der Waals surface area contributed by atoms with Gasteiger partial charge in [-0.25, -0.2) is 8.78 Å². The summed E-state index contributed by atoms with van der Waals surface area (Å²) in [4.78, 5) is 26.8. The quantitative estimate of drug-likeness (QED) is 0.853. The fourth-order valence-electron chi connectivity index (χ4n) is 3.25. The SMILES string of the molecule is O=C(O)[C@@H]1CC[C@H](C(=O)N2CCN(c3cc(F)ccc3F)CC2)N1. The number of carboxylic acids is 1. The van der Waals surface area contributed by atoms with E-state index < -0.39 is 29.7 Å². The smallest absolute Gasteiger partial charge is 0.320 e. The van der Waals surface area contributed by atoms with Crippen molar-refractivity contribution in [2.75, 3.05) is 31.1 Å². The molecule has 130 valence electrons. The zero-order valence-corrected chi connectivity index (χ0v) is 13.0. The number of carboxylic acid groups (broad SMARTS) is 1. The van der Waals surface area contributed by atoms with Crippen LogP contribution in [0.2, 0.25) is 0 Å². The van der Waals surface area contributed by atoms with E-state index in [-0.39, 0.29) is 11.6 Å². The van der Waals surface area contributed by atoms with E-state index in [1.807, 2.05) is 0 Å². The third-order valence-corrected chi connectivity index (χ3v) is 4.58. The molecular formula is C16H19F2N3O3. The van der Waals surface area contributed by atoms with Crippen LogP contribution < -0.4 is 10.2 Å². The van der Waals surface area contributed by atoms with Gasteiger partial charge in [0.05, 0.1) is 11.7 Å². The van der Waals surface area contributed by atoms with Crippen molar-refractivity contribution in [3.63, 3.8) is 0 Å². The van der Waals surface area contributed by atoms with E-state index in [1.54, 1.807) is 9.80 Å². The van der Waals surface area contributed by atoms with Crippen LogP contribution in [-0.4, -0.2) is 60.1 Å². The van der Waals surface area contributed by atoms with E-state index in [9.17, 15) is 18.4 Å². The number of nitrogens with zero attached hydrogens (tertiary/aromatic N) is 2. The molecule has 2 saturated heterocycles. The van der Waals surface area contributed by atoms with Gasteiger partial charge in [0.1, 0.15) is 17.7 Å². The van der Waals surface area contributed by atoms with E-state index >= 15 is 0 Å². The molecule has 2 atom stereocenters. The van der Waals surface area contributed by atoms with Gasteiger partial charge in [-0.2, -0.15) is 0 Å². The number of nitrogens with one attached hydrogen (secondary N) is 1. The van der Waals surface area contributed by atoms with Crippen LogP contribution in [0, 0.1) is 11.6 Å². The van der Waals surface area contributed by atoms with Crippen molar-refractivity contribution in [1.82, 2.24) is 10.2 Å². The van der Waals surface area contributed by atoms with Crippen molar-refractivity contribution in [1.29, 1.82) is 0 Å². The van der Waals surface area contributed by atoms with Gasteiger partial charge in [-0.1, -0.05) is 0 Å². The Morgan fingerprint density at radius 2 is 1.75 bits per heavy atom.